The van der Waals surface area contributed by atoms with Gasteiger partial charge in [0.2, 0.25) is 9.05 Å². The summed E-state index contributed by atoms with van der Waals surface area (Å²) in [7, 11) is 1.74. The molecular weight excluding hydrogens is 232 g/mol. The van der Waals surface area contributed by atoms with Crippen LogP contribution in [0.15, 0.2) is 42.5 Å². The largest absolute Gasteiger partial charge is 0.236 e. The molecule has 0 atom stereocenters. The summed E-state index contributed by atoms with van der Waals surface area (Å²) in [6.45, 7) is 0. The number of hydrogen-bond donors (Lipinski definition) is 0. The molecule has 4 heteroatoms. The molecule has 0 unspecified atom stereocenters. The summed E-state index contributed by atoms with van der Waals surface area (Å²) in [6.07, 6.45) is 0. The summed E-state index contributed by atoms with van der Waals surface area (Å²) in [6, 6.07) is 13.2. The van der Waals surface area contributed by atoms with Crippen LogP contribution in [0.2, 0.25) is 0 Å². The van der Waals surface area contributed by atoms with E-state index in [4.69, 9.17) is 10.7 Å². The summed E-state index contributed by atoms with van der Waals surface area (Å²) >= 11 is 0. The van der Waals surface area contributed by atoms with Crippen molar-refractivity contribution in [2.75, 3.05) is 0 Å². The Morgan fingerprint density at radius 2 is 1.67 bits per heavy atom. The van der Waals surface area contributed by atoms with Crippen LogP contribution in [0.4, 0.5) is 0 Å². The van der Waals surface area contributed by atoms with E-state index in [-0.39, 0.29) is 5.75 Å². The lowest BCUT2D eigenvalue weighted by molar-refractivity contribution is 0.609. The number of hydrogen-bond acceptors (Lipinski definition) is 2. The molecule has 0 aliphatic heterocycles. The Hall–Kier alpha value is -1.06. The van der Waals surface area contributed by atoms with E-state index < -0.39 is 9.05 Å². The van der Waals surface area contributed by atoms with Gasteiger partial charge in [-0.1, -0.05) is 42.5 Å². The summed E-state index contributed by atoms with van der Waals surface area (Å²) in [5.74, 6) is -0.129. The van der Waals surface area contributed by atoms with Crippen LogP contribution >= 0.6 is 10.7 Å². The van der Waals surface area contributed by atoms with E-state index in [1.54, 1.807) is 6.07 Å². The van der Waals surface area contributed by atoms with Crippen molar-refractivity contribution in [1.29, 1.82) is 0 Å². The molecule has 0 bridgehead atoms. The van der Waals surface area contributed by atoms with E-state index in [0.29, 0.717) is 0 Å². The van der Waals surface area contributed by atoms with Gasteiger partial charge in [-0.2, -0.15) is 0 Å². The average Bonchev–Trinajstić information content (AvgIpc) is 2.16. The third-order valence-electron chi connectivity index (χ3n) is 2.21. The molecule has 0 aliphatic rings. The fraction of sp³-hybridized carbons (Fsp3) is 0.0909. The molecule has 0 saturated heterocycles. The Kier molecular flexibility index (Phi) is 2.67. The molecule has 0 aliphatic carbocycles. The van der Waals surface area contributed by atoms with Gasteiger partial charge < -0.3 is 0 Å². The molecule has 0 fully saturated rings. The lowest BCUT2D eigenvalue weighted by Crippen LogP contribution is -1.95. The Morgan fingerprint density at radius 1 is 1.00 bits per heavy atom. The zero-order chi connectivity index (χ0) is 10.9. The first kappa shape index (κ1) is 10.5. The maximum Gasteiger partial charge on any atom is 0.236 e. The van der Waals surface area contributed by atoms with Gasteiger partial charge in [0.1, 0.15) is 0 Å². The third kappa shape index (κ3) is 2.49. The molecule has 0 N–H and O–H groups in total. The predicted molar refractivity (Wildman–Crippen MR) is 62.4 cm³/mol. The Balaban J connectivity index is 2.61. The number of halogens is 1. The highest BCUT2D eigenvalue weighted by atomic mass is 35.7. The number of rotatable bonds is 2. The molecule has 0 aromatic heterocycles. The molecule has 0 radical (unpaired) electrons. The minimum atomic E-state index is -3.50. The molecule has 2 nitrogen and oxygen atoms in total. The van der Waals surface area contributed by atoms with Crippen LogP contribution in [0.5, 0.6) is 0 Å². The molecule has 0 amide bonds. The second-order valence-corrected chi connectivity index (χ2v) is 6.10. The predicted octanol–water partition coefficient (Wildman–Crippen LogP) is 2.91. The zero-order valence-corrected chi connectivity index (χ0v) is 9.42. The number of fused-ring (bicyclic) bond motifs is 1. The average molecular weight is 241 g/mol. The van der Waals surface area contributed by atoms with Crippen molar-refractivity contribution in [2.45, 2.75) is 5.75 Å². The van der Waals surface area contributed by atoms with Gasteiger partial charge in [-0.3, -0.25) is 0 Å². The Labute approximate surface area is 92.9 Å². The molecule has 15 heavy (non-hydrogen) atoms. The van der Waals surface area contributed by atoms with Crippen LogP contribution in [0.25, 0.3) is 10.8 Å². The lowest BCUT2D eigenvalue weighted by Gasteiger charge is -2.03. The van der Waals surface area contributed by atoms with Crippen molar-refractivity contribution in [3.05, 3.63) is 48.0 Å². The fourth-order valence-corrected chi connectivity index (χ4v) is 2.58. The van der Waals surface area contributed by atoms with Crippen LogP contribution < -0.4 is 0 Å². The molecular formula is C11H9ClO2S. The van der Waals surface area contributed by atoms with Crippen molar-refractivity contribution in [3.8, 4) is 0 Å². The van der Waals surface area contributed by atoms with E-state index in [0.717, 1.165) is 16.3 Å². The minimum absolute atomic E-state index is 0.129. The van der Waals surface area contributed by atoms with E-state index in [9.17, 15) is 8.42 Å². The Morgan fingerprint density at radius 3 is 2.40 bits per heavy atom. The smallest absolute Gasteiger partial charge is 0.212 e. The number of benzene rings is 2. The Bertz CT molecular complexity index is 585. The van der Waals surface area contributed by atoms with Crippen LogP contribution in [0, 0.1) is 0 Å². The third-order valence-corrected chi connectivity index (χ3v) is 3.19. The highest BCUT2D eigenvalue weighted by molar-refractivity contribution is 8.13. The maximum atomic E-state index is 11.0. The van der Waals surface area contributed by atoms with Crippen LogP contribution in [-0.4, -0.2) is 8.42 Å². The van der Waals surface area contributed by atoms with Crippen molar-refractivity contribution in [2.24, 2.45) is 0 Å². The molecule has 2 aromatic carbocycles. The summed E-state index contributed by atoms with van der Waals surface area (Å²) in [5, 5.41) is 1.96. The maximum absolute atomic E-state index is 11.0. The van der Waals surface area contributed by atoms with Gasteiger partial charge in [0.25, 0.3) is 0 Å². The summed E-state index contributed by atoms with van der Waals surface area (Å²) < 4.78 is 22.0. The normalized spacial score (nSPS) is 11.8. The van der Waals surface area contributed by atoms with Gasteiger partial charge in [-0.15, -0.1) is 0 Å². The van der Waals surface area contributed by atoms with Gasteiger partial charge in [-0.25, -0.2) is 8.42 Å². The second-order valence-electron chi connectivity index (χ2n) is 3.32. The van der Waals surface area contributed by atoms with Crippen LogP contribution in [0.1, 0.15) is 5.56 Å². The topological polar surface area (TPSA) is 34.1 Å². The van der Waals surface area contributed by atoms with Gasteiger partial charge in [0.15, 0.2) is 0 Å². The SMILES string of the molecule is O=S(=O)(Cl)Cc1cccc2ccccc12. The van der Waals surface area contributed by atoms with Gasteiger partial charge in [-0.05, 0) is 16.3 Å². The van der Waals surface area contributed by atoms with Gasteiger partial charge in [0, 0.05) is 10.7 Å². The monoisotopic (exact) mass is 240 g/mol. The van der Waals surface area contributed by atoms with E-state index in [1.807, 2.05) is 36.4 Å². The standard InChI is InChI=1S/C11H9ClO2S/c12-15(13,14)8-10-6-3-5-9-4-1-2-7-11(9)10/h1-7H,8H2. The van der Waals surface area contributed by atoms with Crippen LogP contribution in [0.3, 0.4) is 0 Å². The molecule has 78 valence electrons. The van der Waals surface area contributed by atoms with E-state index >= 15 is 0 Å². The summed E-state index contributed by atoms with van der Waals surface area (Å²) in [4.78, 5) is 0. The van der Waals surface area contributed by atoms with Crippen molar-refractivity contribution >= 4 is 30.5 Å². The molecule has 0 heterocycles. The summed E-state index contributed by atoms with van der Waals surface area (Å²) in [5.41, 5.74) is 0.739. The molecule has 0 saturated carbocycles. The molecule has 2 rings (SSSR count). The van der Waals surface area contributed by atoms with Crippen molar-refractivity contribution in [1.82, 2.24) is 0 Å². The second kappa shape index (κ2) is 3.83. The van der Waals surface area contributed by atoms with Gasteiger partial charge >= 0.3 is 0 Å². The first-order valence-electron chi connectivity index (χ1n) is 4.45. The molecule has 0 spiro atoms. The first-order chi connectivity index (χ1) is 7.06. The van der Waals surface area contributed by atoms with Crippen molar-refractivity contribution in [3.63, 3.8) is 0 Å². The highest BCUT2D eigenvalue weighted by Crippen LogP contribution is 2.21. The molecule has 2 aromatic rings. The van der Waals surface area contributed by atoms with Crippen molar-refractivity contribution < 1.29 is 8.42 Å². The zero-order valence-electron chi connectivity index (χ0n) is 7.85. The van der Waals surface area contributed by atoms with E-state index in [2.05, 4.69) is 0 Å². The minimum Gasteiger partial charge on any atom is -0.212 e. The van der Waals surface area contributed by atoms with Gasteiger partial charge in [0.05, 0.1) is 5.75 Å². The lowest BCUT2D eigenvalue weighted by atomic mass is 10.1. The van der Waals surface area contributed by atoms with E-state index in [1.165, 1.54) is 0 Å². The quantitative estimate of drug-likeness (QED) is 0.757. The first-order valence-corrected chi connectivity index (χ1v) is 6.93. The van der Waals surface area contributed by atoms with Crippen LogP contribution in [-0.2, 0) is 14.8 Å². The highest BCUT2D eigenvalue weighted by Gasteiger charge is 2.09. The fourth-order valence-electron chi connectivity index (χ4n) is 1.60.